The molecule has 0 fully saturated rings. The smallest absolute Gasteiger partial charge is 0.258 e. The maximum atomic E-state index is 12.1. The summed E-state index contributed by atoms with van der Waals surface area (Å²) in [6.45, 7) is 3.56. The molecule has 2 rings (SSSR count). The van der Waals surface area contributed by atoms with Crippen molar-refractivity contribution in [1.29, 1.82) is 0 Å². The third kappa shape index (κ3) is 3.39. The van der Waals surface area contributed by atoms with E-state index < -0.39 is 16.2 Å². The van der Waals surface area contributed by atoms with Crippen molar-refractivity contribution < 1.29 is 12.6 Å². The fraction of sp³-hybridized carbons (Fsp3) is 0.214. The van der Waals surface area contributed by atoms with Crippen LogP contribution in [-0.4, -0.2) is 13.4 Å². The molecule has 0 amide bonds. The van der Waals surface area contributed by atoms with Crippen molar-refractivity contribution in [2.75, 3.05) is 0 Å². The Labute approximate surface area is 113 Å². The zero-order chi connectivity index (χ0) is 13.9. The van der Waals surface area contributed by atoms with E-state index in [-0.39, 0.29) is 4.90 Å². The number of rotatable bonds is 4. The number of hydrogen-bond donors (Lipinski definition) is 0. The number of nitrogens with zero attached hydrogens (tertiary/aromatic N) is 1. The Kier molecular flexibility index (Phi) is 3.97. The molecule has 0 aliphatic heterocycles. The highest BCUT2D eigenvalue weighted by Crippen LogP contribution is 2.22. The molecule has 0 saturated carbocycles. The van der Waals surface area contributed by atoms with Crippen molar-refractivity contribution in [3.05, 3.63) is 59.9 Å². The van der Waals surface area contributed by atoms with Crippen LogP contribution in [0.15, 0.2) is 53.6 Å². The summed E-state index contributed by atoms with van der Waals surface area (Å²) in [5.41, 5.74) is 1.58. The lowest BCUT2D eigenvalue weighted by atomic mass is 10.2. The molecule has 0 unspecified atom stereocenters. The average molecular weight is 277 g/mol. The molecule has 1 heterocycles. The van der Waals surface area contributed by atoms with Gasteiger partial charge in [0.2, 0.25) is 0 Å². The highest BCUT2D eigenvalue weighted by molar-refractivity contribution is 7.86. The Morgan fingerprint density at radius 1 is 1.11 bits per heavy atom. The third-order valence-corrected chi connectivity index (χ3v) is 4.08. The van der Waals surface area contributed by atoms with Crippen LogP contribution in [0.1, 0.15) is 24.3 Å². The molecule has 0 bridgehead atoms. The molecule has 0 aliphatic carbocycles. The van der Waals surface area contributed by atoms with Gasteiger partial charge in [-0.3, -0.25) is 9.17 Å². The van der Waals surface area contributed by atoms with Gasteiger partial charge in [-0.1, -0.05) is 23.8 Å². The van der Waals surface area contributed by atoms with Crippen LogP contribution in [0.5, 0.6) is 0 Å². The second-order valence-corrected chi connectivity index (χ2v) is 5.83. The topological polar surface area (TPSA) is 56.3 Å². The minimum atomic E-state index is -3.76. The second-order valence-electron chi connectivity index (χ2n) is 4.26. The van der Waals surface area contributed by atoms with Crippen LogP contribution in [-0.2, 0) is 14.3 Å². The zero-order valence-electron chi connectivity index (χ0n) is 10.8. The van der Waals surface area contributed by atoms with Gasteiger partial charge in [-0.15, -0.1) is 0 Å². The van der Waals surface area contributed by atoms with Crippen molar-refractivity contribution >= 4 is 10.1 Å². The quantitative estimate of drug-likeness (QED) is 0.806. The van der Waals surface area contributed by atoms with Gasteiger partial charge in [0.1, 0.15) is 6.10 Å². The van der Waals surface area contributed by atoms with Gasteiger partial charge in [0.15, 0.2) is 0 Å². The van der Waals surface area contributed by atoms with Gasteiger partial charge >= 0.3 is 0 Å². The first-order valence-corrected chi connectivity index (χ1v) is 7.31. The molecule has 0 spiro atoms. The number of hydrogen-bond acceptors (Lipinski definition) is 4. The normalized spacial score (nSPS) is 13.2. The van der Waals surface area contributed by atoms with E-state index >= 15 is 0 Å². The summed E-state index contributed by atoms with van der Waals surface area (Å²) in [6, 6.07) is 11.8. The van der Waals surface area contributed by atoms with Gasteiger partial charge in [0.05, 0.1) is 10.6 Å². The maximum absolute atomic E-state index is 12.1. The predicted molar refractivity (Wildman–Crippen MR) is 72.1 cm³/mol. The fourth-order valence-electron chi connectivity index (χ4n) is 1.62. The lowest BCUT2D eigenvalue weighted by Crippen LogP contribution is -2.11. The molecular weight excluding hydrogens is 262 g/mol. The summed E-state index contributed by atoms with van der Waals surface area (Å²) in [4.78, 5) is 4.23. The van der Waals surface area contributed by atoms with Gasteiger partial charge in [-0.2, -0.15) is 8.42 Å². The van der Waals surface area contributed by atoms with Crippen LogP contribution in [0.2, 0.25) is 0 Å². The van der Waals surface area contributed by atoms with Crippen LogP contribution in [0.4, 0.5) is 0 Å². The second kappa shape index (κ2) is 5.50. The monoisotopic (exact) mass is 277 g/mol. The molecule has 0 saturated heterocycles. The minimum absolute atomic E-state index is 0.154. The number of benzene rings is 1. The first kappa shape index (κ1) is 13.7. The fourth-order valence-corrected chi connectivity index (χ4v) is 2.68. The van der Waals surface area contributed by atoms with Crippen LogP contribution in [0, 0.1) is 6.92 Å². The molecule has 0 radical (unpaired) electrons. The lowest BCUT2D eigenvalue weighted by Gasteiger charge is -2.12. The Morgan fingerprint density at radius 3 is 2.37 bits per heavy atom. The SMILES string of the molecule is Cc1ccc(S(=O)(=O)O[C@H](C)c2ccccn2)cc1. The molecule has 0 aliphatic rings. The van der Waals surface area contributed by atoms with Crippen LogP contribution in [0.3, 0.4) is 0 Å². The number of aryl methyl sites for hydroxylation is 1. The van der Waals surface area contributed by atoms with Gasteiger partial charge in [-0.05, 0) is 38.1 Å². The highest BCUT2D eigenvalue weighted by atomic mass is 32.2. The van der Waals surface area contributed by atoms with Crippen molar-refractivity contribution in [1.82, 2.24) is 4.98 Å². The largest absolute Gasteiger partial charge is 0.297 e. The number of pyridine rings is 1. The summed E-state index contributed by atoms with van der Waals surface area (Å²) in [7, 11) is -3.76. The van der Waals surface area contributed by atoms with E-state index in [9.17, 15) is 8.42 Å². The van der Waals surface area contributed by atoms with Gasteiger partial charge < -0.3 is 0 Å². The summed E-state index contributed by atoms with van der Waals surface area (Å²) in [6.07, 6.45) is 0.987. The Bertz CT molecular complexity index is 636. The first-order valence-electron chi connectivity index (χ1n) is 5.90. The van der Waals surface area contributed by atoms with E-state index in [1.165, 1.54) is 12.1 Å². The molecule has 5 heteroatoms. The predicted octanol–water partition coefficient (Wildman–Crippen LogP) is 2.86. The Hall–Kier alpha value is -1.72. The molecule has 4 nitrogen and oxygen atoms in total. The molecule has 1 aromatic heterocycles. The van der Waals surface area contributed by atoms with Crippen LogP contribution in [0.25, 0.3) is 0 Å². The van der Waals surface area contributed by atoms with Crippen LogP contribution >= 0.6 is 0 Å². The first-order chi connectivity index (χ1) is 8.99. The molecular formula is C14H15NO3S. The van der Waals surface area contributed by atoms with Crippen molar-refractivity contribution in [3.63, 3.8) is 0 Å². The molecule has 1 atom stereocenters. The summed E-state index contributed by atoms with van der Waals surface area (Å²) in [5, 5.41) is 0. The summed E-state index contributed by atoms with van der Waals surface area (Å²) in [5.74, 6) is 0. The highest BCUT2D eigenvalue weighted by Gasteiger charge is 2.20. The maximum Gasteiger partial charge on any atom is 0.297 e. The van der Waals surface area contributed by atoms with Crippen molar-refractivity contribution in [3.8, 4) is 0 Å². The molecule has 100 valence electrons. The van der Waals surface area contributed by atoms with Gasteiger partial charge in [-0.25, -0.2) is 0 Å². The van der Waals surface area contributed by atoms with Gasteiger partial charge in [0, 0.05) is 6.20 Å². The van der Waals surface area contributed by atoms with E-state index in [0.29, 0.717) is 5.69 Å². The minimum Gasteiger partial charge on any atom is -0.258 e. The lowest BCUT2D eigenvalue weighted by molar-refractivity contribution is 0.229. The van der Waals surface area contributed by atoms with Crippen LogP contribution < -0.4 is 0 Å². The average Bonchev–Trinajstić information content (AvgIpc) is 2.40. The standard InChI is InChI=1S/C14H15NO3S/c1-11-6-8-13(9-7-11)19(16,17)18-12(2)14-5-3-4-10-15-14/h3-10,12H,1-2H3/t12-/m1/s1. The zero-order valence-corrected chi connectivity index (χ0v) is 11.6. The van der Waals surface area contributed by atoms with Crippen molar-refractivity contribution in [2.45, 2.75) is 24.8 Å². The third-order valence-electron chi connectivity index (χ3n) is 2.68. The summed E-state index contributed by atoms with van der Waals surface area (Å²) < 4.78 is 29.3. The molecule has 19 heavy (non-hydrogen) atoms. The Balaban J connectivity index is 2.20. The molecule has 2 aromatic rings. The van der Waals surface area contributed by atoms with E-state index in [1.54, 1.807) is 43.5 Å². The van der Waals surface area contributed by atoms with Crippen molar-refractivity contribution in [2.24, 2.45) is 0 Å². The van der Waals surface area contributed by atoms with E-state index in [4.69, 9.17) is 4.18 Å². The summed E-state index contributed by atoms with van der Waals surface area (Å²) >= 11 is 0. The van der Waals surface area contributed by atoms with E-state index in [2.05, 4.69) is 4.98 Å². The Morgan fingerprint density at radius 2 is 1.79 bits per heavy atom. The number of aromatic nitrogens is 1. The van der Waals surface area contributed by atoms with E-state index in [1.807, 2.05) is 6.92 Å². The van der Waals surface area contributed by atoms with Gasteiger partial charge in [0.25, 0.3) is 10.1 Å². The van der Waals surface area contributed by atoms with E-state index in [0.717, 1.165) is 5.56 Å². The molecule has 0 N–H and O–H groups in total. The molecule has 1 aromatic carbocycles.